The van der Waals surface area contributed by atoms with Crippen molar-refractivity contribution in [2.75, 3.05) is 12.4 Å². The van der Waals surface area contributed by atoms with Crippen LogP contribution < -0.4 is 4.74 Å². The fraction of sp³-hybridized carbons (Fsp3) is 0.562. The molecule has 0 saturated carbocycles. The molecule has 0 spiro atoms. The third-order valence-electron chi connectivity index (χ3n) is 3.40. The molecule has 0 heterocycles. The van der Waals surface area contributed by atoms with Crippen LogP contribution in [0.25, 0.3) is 0 Å². The van der Waals surface area contributed by atoms with Crippen LogP contribution in [-0.2, 0) is 6.42 Å². The van der Waals surface area contributed by atoms with Crippen molar-refractivity contribution in [3.05, 3.63) is 29.8 Å². The van der Waals surface area contributed by atoms with E-state index in [0.717, 1.165) is 6.42 Å². The van der Waals surface area contributed by atoms with Crippen LogP contribution in [0.1, 0.15) is 32.3 Å². The number of rotatable bonds is 7. The second-order valence-corrected chi connectivity index (χ2v) is 8.37. The number of thiol groups is 1. The van der Waals surface area contributed by atoms with Gasteiger partial charge in [0.1, 0.15) is 5.75 Å². The predicted octanol–water partition coefficient (Wildman–Crippen LogP) is 5.26. The zero-order valence-corrected chi connectivity index (χ0v) is 17.2. The van der Waals surface area contributed by atoms with E-state index >= 15 is 0 Å². The lowest BCUT2D eigenvalue weighted by molar-refractivity contribution is 0.156. The normalized spacial score (nSPS) is 15.0. The minimum Gasteiger partial charge on any atom is -0.410 e. The molecule has 2 unspecified atom stereocenters. The Morgan fingerprint density at radius 1 is 1.41 bits per heavy atom. The van der Waals surface area contributed by atoms with Gasteiger partial charge in [-0.25, -0.2) is 4.79 Å². The molecule has 6 heteroatoms. The molecular weight excluding hydrogens is 430 g/mol. The first-order valence-electron chi connectivity index (χ1n) is 7.28. The molecule has 2 atom stereocenters. The molecule has 0 aliphatic rings. The van der Waals surface area contributed by atoms with Gasteiger partial charge in [-0.15, -0.1) is 0 Å². The second kappa shape index (κ2) is 9.18. The lowest BCUT2D eigenvalue weighted by atomic mass is 10.1. The zero-order valence-electron chi connectivity index (χ0n) is 13.2. The lowest BCUT2D eigenvalue weighted by Gasteiger charge is -2.33. The number of nitrogens with zero attached hydrogens (tertiary/aromatic N) is 1. The number of carbonyl (C=O) groups is 1. The molecule has 1 rings (SSSR count). The first-order valence-corrected chi connectivity index (χ1v) is 9.71. The van der Waals surface area contributed by atoms with Crippen molar-refractivity contribution in [2.24, 2.45) is 0 Å². The highest BCUT2D eigenvalue weighted by Gasteiger charge is 2.34. The number of amides is 1. The number of hydrogen-bond acceptors (Lipinski definition) is 3. The first-order chi connectivity index (χ1) is 10.3. The maximum Gasteiger partial charge on any atom is 0.415 e. The van der Waals surface area contributed by atoms with E-state index in [4.69, 9.17) is 4.74 Å². The fourth-order valence-electron chi connectivity index (χ4n) is 1.85. The van der Waals surface area contributed by atoms with E-state index in [1.807, 2.05) is 31.2 Å². The molecule has 1 aromatic rings. The average molecular weight is 453 g/mol. The monoisotopic (exact) mass is 451 g/mol. The Hall–Kier alpha value is -0.200. The molecule has 0 saturated heterocycles. The summed E-state index contributed by atoms with van der Waals surface area (Å²) in [5.74, 6) is 0.549. The maximum atomic E-state index is 12.2. The summed E-state index contributed by atoms with van der Waals surface area (Å²) in [5, 5.41) is 0.348. The number of ether oxygens (including phenoxy) is 1. The van der Waals surface area contributed by atoms with Gasteiger partial charge in [-0.3, -0.25) is 4.90 Å². The predicted molar refractivity (Wildman–Crippen MR) is 103 cm³/mol. The van der Waals surface area contributed by atoms with Gasteiger partial charge in [0.25, 0.3) is 0 Å². The fourth-order valence-corrected chi connectivity index (χ4v) is 2.90. The van der Waals surface area contributed by atoms with Gasteiger partial charge >= 0.3 is 6.09 Å². The summed E-state index contributed by atoms with van der Waals surface area (Å²) in [5.41, 5.74) is 1.26. The highest BCUT2D eigenvalue weighted by atomic mass is 79.9. The van der Waals surface area contributed by atoms with Gasteiger partial charge < -0.3 is 4.74 Å². The van der Waals surface area contributed by atoms with E-state index in [1.165, 1.54) is 23.3 Å². The molecule has 0 aliphatic carbocycles. The highest BCUT2D eigenvalue weighted by Crippen LogP contribution is 2.30. The van der Waals surface area contributed by atoms with Gasteiger partial charge in [-0.05, 0) is 37.5 Å². The van der Waals surface area contributed by atoms with E-state index in [2.05, 4.69) is 51.4 Å². The molecule has 0 aliphatic heterocycles. The summed E-state index contributed by atoms with van der Waals surface area (Å²) in [6.07, 6.45) is 2.97. The van der Waals surface area contributed by atoms with Gasteiger partial charge in [0.05, 0.1) is 9.70 Å². The Kier molecular flexibility index (Phi) is 8.28. The molecule has 1 aromatic carbocycles. The average Bonchev–Trinajstić information content (AvgIpc) is 2.52. The Morgan fingerprint density at radius 3 is 2.50 bits per heavy atom. The maximum absolute atomic E-state index is 12.2. The third kappa shape index (κ3) is 5.78. The molecule has 0 radical (unpaired) electrons. The summed E-state index contributed by atoms with van der Waals surface area (Å²) in [6, 6.07) is 7.68. The van der Waals surface area contributed by atoms with Crippen molar-refractivity contribution in [1.82, 2.24) is 4.90 Å². The van der Waals surface area contributed by atoms with Crippen molar-refractivity contribution in [1.29, 1.82) is 0 Å². The van der Waals surface area contributed by atoms with E-state index in [0.29, 0.717) is 11.1 Å². The molecule has 22 heavy (non-hydrogen) atoms. The van der Waals surface area contributed by atoms with Crippen molar-refractivity contribution >= 4 is 50.6 Å². The van der Waals surface area contributed by atoms with Gasteiger partial charge in [0.2, 0.25) is 0 Å². The summed E-state index contributed by atoms with van der Waals surface area (Å²) >= 11 is 11.5. The summed E-state index contributed by atoms with van der Waals surface area (Å²) in [6.45, 7) is 4.14. The molecule has 1 amide bonds. The SMILES string of the molecule is CCCCc1ccc(OC(=O)N(C)C(S)C(C)(Br)CBr)cc1. The molecule has 0 N–H and O–H groups in total. The van der Waals surface area contributed by atoms with Gasteiger partial charge in [0, 0.05) is 12.4 Å². The van der Waals surface area contributed by atoms with E-state index < -0.39 is 6.09 Å². The Labute approximate surface area is 155 Å². The van der Waals surface area contributed by atoms with E-state index in [-0.39, 0.29) is 9.70 Å². The Bertz CT molecular complexity index is 480. The van der Waals surface area contributed by atoms with Crippen LogP contribution in [0.3, 0.4) is 0 Å². The van der Waals surface area contributed by atoms with Crippen LogP contribution in [0.2, 0.25) is 0 Å². The topological polar surface area (TPSA) is 29.5 Å². The molecule has 3 nitrogen and oxygen atoms in total. The van der Waals surface area contributed by atoms with Crippen molar-refractivity contribution < 1.29 is 9.53 Å². The summed E-state index contributed by atoms with van der Waals surface area (Å²) in [4.78, 5) is 13.7. The third-order valence-corrected chi connectivity index (χ3v) is 7.30. The molecule has 124 valence electrons. The standard InChI is InChI=1S/C16H23Br2NO2S/c1-4-5-6-12-7-9-13(10-8-12)21-15(20)19(3)14(22)16(2,18)11-17/h7-10,14,22H,4-6,11H2,1-3H3. The molecule has 0 aromatic heterocycles. The van der Waals surface area contributed by atoms with E-state index in [1.54, 1.807) is 7.05 Å². The largest absolute Gasteiger partial charge is 0.415 e. The quantitative estimate of drug-likeness (QED) is 0.347. The summed E-state index contributed by atoms with van der Waals surface area (Å²) < 4.78 is 5.06. The van der Waals surface area contributed by atoms with Crippen LogP contribution in [0.4, 0.5) is 4.79 Å². The first kappa shape index (κ1) is 19.8. The van der Waals surface area contributed by atoms with Crippen molar-refractivity contribution in [2.45, 2.75) is 42.8 Å². The minimum absolute atomic E-state index is 0.316. The lowest BCUT2D eigenvalue weighted by Crippen LogP contribution is -2.47. The van der Waals surface area contributed by atoms with Crippen LogP contribution in [-0.4, -0.2) is 33.1 Å². The number of carbonyl (C=O) groups excluding carboxylic acids is 1. The van der Waals surface area contributed by atoms with Crippen LogP contribution in [0, 0.1) is 0 Å². The minimum atomic E-state index is -0.423. The Balaban J connectivity index is 2.64. The van der Waals surface area contributed by atoms with Crippen molar-refractivity contribution in [3.8, 4) is 5.75 Å². The summed E-state index contributed by atoms with van der Waals surface area (Å²) in [7, 11) is 1.68. The number of hydrogen-bond donors (Lipinski definition) is 1. The van der Waals surface area contributed by atoms with Gasteiger partial charge in [-0.2, -0.15) is 12.6 Å². The zero-order chi connectivity index (χ0) is 16.8. The second-order valence-electron chi connectivity index (χ2n) is 5.51. The number of halogens is 2. The highest BCUT2D eigenvalue weighted by molar-refractivity contribution is 9.12. The number of alkyl halides is 2. The van der Waals surface area contributed by atoms with E-state index in [9.17, 15) is 4.79 Å². The van der Waals surface area contributed by atoms with Crippen LogP contribution in [0.5, 0.6) is 5.75 Å². The van der Waals surface area contributed by atoms with Gasteiger partial charge in [0.15, 0.2) is 0 Å². The molecule has 0 bridgehead atoms. The van der Waals surface area contributed by atoms with Crippen LogP contribution in [0.15, 0.2) is 24.3 Å². The van der Waals surface area contributed by atoms with Crippen molar-refractivity contribution in [3.63, 3.8) is 0 Å². The van der Waals surface area contributed by atoms with Gasteiger partial charge in [-0.1, -0.05) is 57.3 Å². The smallest absolute Gasteiger partial charge is 0.410 e. The number of benzene rings is 1. The molecular formula is C16H23Br2NO2S. The number of aryl methyl sites for hydroxylation is 1. The number of unbranched alkanes of at least 4 members (excludes halogenated alkanes) is 1. The Morgan fingerprint density at radius 2 is 2.00 bits per heavy atom. The van der Waals surface area contributed by atoms with Crippen LogP contribution >= 0.6 is 44.5 Å². The molecule has 0 fully saturated rings.